The van der Waals surface area contributed by atoms with Crippen molar-refractivity contribution in [3.8, 4) is 0 Å². The molecule has 0 saturated heterocycles. The summed E-state index contributed by atoms with van der Waals surface area (Å²) in [7, 11) is 0.551. The van der Waals surface area contributed by atoms with E-state index in [9.17, 15) is 0 Å². The van der Waals surface area contributed by atoms with Gasteiger partial charge in [-0.25, -0.2) is 0 Å². The maximum absolute atomic E-state index is 5.30. The van der Waals surface area contributed by atoms with E-state index in [1.54, 1.807) is 0 Å². The van der Waals surface area contributed by atoms with Crippen molar-refractivity contribution in [3.63, 3.8) is 0 Å². The van der Waals surface area contributed by atoms with Crippen molar-refractivity contribution < 1.29 is 43.1 Å². The van der Waals surface area contributed by atoms with E-state index in [1.807, 2.05) is 13.8 Å². The lowest BCUT2D eigenvalue weighted by Crippen LogP contribution is -3.00. The van der Waals surface area contributed by atoms with Crippen molar-refractivity contribution in [2.75, 3.05) is 11.9 Å². The van der Waals surface area contributed by atoms with Gasteiger partial charge in [-0.2, -0.15) is 0 Å². The Morgan fingerprint density at radius 1 is 1.42 bits per heavy atom. The smallest absolute Gasteiger partial charge is 0.234 e. The molecule has 0 N–H and O–H groups in total. The average Bonchev–Trinajstić information content (AvgIpc) is 1.89. The SMILES string of the molecule is CCOC(C)O[Si]CCBr.[Br-].[Br-]. The molecule has 0 aliphatic heterocycles. The normalized spacial score (nSPS) is 11.2. The van der Waals surface area contributed by atoms with Crippen molar-refractivity contribution in [1.82, 2.24) is 0 Å². The molecule has 0 aromatic heterocycles. The van der Waals surface area contributed by atoms with E-state index >= 15 is 0 Å². The van der Waals surface area contributed by atoms with Crippen LogP contribution in [0.25, 0.3) is 0 Å². The third kappa shape index (κ3) is 14.1. The van der Waals surface area contributed by atoms with Gasteiger partial charge in [0.05, 0.1) is 0 Å². The molecule has 0 fully saturated rings. The van der Waals surface area contributed by atoms with Crippen LogP contribution in [0.15, 0.2) is 0 Å². The van der Waals surface area contributed by atoms with Crippen LogP contribution in [0.3, 0.4) is 0 Å². The number of alkyl halides is 1. The Morgan fingerprint density at radius 3 is 2.42 bits per heavy atom. The van der Waals surface area contributed by atoms with Crippen LogP contribution in [-0.2, 0) is 9.16 Å². The summed E-state index contributed by atoms with van der Waals surface area (Å²) in [6.07, 6.45) is -0.0395. The van der Waals surface area contributed by atoms with Crippen LogP contribution in [0.1, 0.15) is 13.8 Å². The van der Waals surface area contributed by atoms with Gasteiger partial charge in [0.25, 0.3) is 0 Å². The topological polar surface area (TPSA) is 18.5 Å². The Balaban J connectivity index is -0.000000405. The summed E-state index contributed by atoms with van der Waals surface area (Å²) in [5, 5.41) is 1.00. The molecule has 0 amide bonds. The molecular formula is C6H13Br3O2Si-2. The van der Waals surface area contributed by atoms with Gasteiger partial charge in [0, 0.05) is 11.9 Å². The monoisotopic (exact) mass is 382 g/mol. The fraction of sp³-hybridized carbons (Fsp3) is 1.00. The third-order valence-electron chi connectivity index (χ3n) is 0.847. The van der Waals surface area contributed by atoms with Crippen molar-refractivity contribution >= 4 is 25.7 Å². The highest BCUT2D eigenvalue weighted by atomic mass is 79.9. The Morgan fingerprint density at radius 2 is 2.00 bits per heavy atom. The van der Waals surface area contributed by atoms with Gasteiger partial charge in [-0.3, -0.25) is 0 Å². The summed E-state index contributed by atoms with van der Waals surface area (Å²) in [5.74, 6) is 0. The van der Waals surface area contributed by atoms with E-state index in [0.29, 0.717) is 9.76 Å². The fourth-order valence-corrected chi connectivity index (χ4v) is 1.47. The molecule has 6 heteroatoms. The quantitative estimate of drug-likeness (QED) is 0.200. The Labute approximate surface area is 106 Å². The highest BCUT2D eigenvalue weighted by molar-refractivity contribution is 9.09. The second kappa shape index (κ2) is 15.1. The Bertz CT molecular complexity index is 77.8. The number of hydrogen-bond donors (Lipinski definition) is 0. The van der Waals surface area contributed by atoms with Crippen molar-refractivity contribution in [1.29, 1.82) is 0 Å². The van der Waals surface area contributed by atoms with E-state index in [-0.39, 0.29) is 40.3 Å². The molecule has 0 aliphatic carbocycles. The van der Waals surface area contributed by atoms with E-state index < -0.39 is 0 Å². The first-order valence-electron chi connectivity index (χ1n) is 3.37. The van der Waals surface area contributed by atoms with E-state index in [1.165, 1.54) is 0 Å². The van der Waals surface area contributed by atoms with Crippen LogP contribution in [0, 0.1) is 0 Å². The predicted octanol–water partition coefficient (Wildman–Crippen LogP) is -4.17. The summed E-state index contributed by atoms with van der Waals surface area (Å²) in [6, 6.07) is 1.07. The Kier molecular flexibility index (Phi) is 24.1. The summed E-state index contributed by atoms with van der Waals surface area (Å²) in [6.45, 7) is 4.61. The zero-order valence-electron chi connectivity index (χ0n) is 7.15. The fourth-order valence-electron chi connectivity index (χ4n) is 0.484. The number of halogens is 3. The largest absolute Gasteiger partial charge is 1.00 e. The number of hydrogen-bond acceptors (Lipinski definition) is 2. The lowest BCUT2D eigenvalue weighted by Gasteiger charge is -2.10. The van der Waals surface area contributed by atoms with Crippen LogP contribution >= 0.6 is 15.9 Å². The molecule has 0 spiro atoms. The Hall–Kier alpha value is 1.58. The summed E-state index contributed by atoms with van der Waals surface area (Å²) in [4.78, 5) is 0. The standard InChI is InChI=1S/C6H13BrO2Si.2BrH/c1-3-8-6(2)9-10-5-4-7;;/h6H,3-5H2,1-2H3;2*1H/p-2. The van der Waals surface area contributed by atoms with Crippen LogP contribution < -0.4 is 34.0 Å². The molecule has 0 aliphatic rings. The molecule has 12 heavy (non-hydrogen) atoms. The van der Waals surface area contributed by atoms with Crippen molar-refractivity contribution in [3.05, 3.63) is 0 Å². The first-order valence-corrected chi connectivity index (χ1v) is 5.61. The van der Waals surface area contributed by atoms with Gasteiger partial charge < -0.3 is 43.1 Å². The minimum atomic E-state index is -0.0395. The minimum absolute atomic E-state index is 0. The molecule has 1 atom stereocenters. The summed E-state index contributed by atoms with van der Waals surface area (Å²) >= 11 is 3.32. The molecule has 0 heterocycles. The molecule has 0 bridgehead atoms. The molecular weight excluding hydrogens is 372 g/mol. The molecule has 0 saturated carbocycles. The second-order valence-corrected chi connectivity index (χ2v) is 3.54. The highest BCUT2D eigenvalue weighted by Crippen LogP contribution is 1.94. The number of ether oxygens (including phenoxy) is 1. The molecule has 2 radical (unpaired) electrons. The molecule has 0 aromatic rings. The molecule has 0 aromatic carbocycles. The zero-order valence-corrected chi connectivity index (χ0v) is 12.9. The van der Waals surface area contributed by atoms with E-state index in [4.69, 9.17) is 9.16 Å². The van der Waals surface area contributed by atoms with Gasteiger partial charge in [0.2, 0.25) is 9.76 Å². The van der Waals surface area contributed by atoms with Gasteiger partial charge in [-0.05, 0) is 19.9 Å². The first-order chi connectivity index (χ1) is 4.81. The second-order valence-electron chi connectivity index (χ2n) is 1.72. The van der Waals surface area contributed by atoms with E-state index in [2.05, 4.69) is 15.9 Å². The van der Waals surface area contributed by atoms with Gasteiger partial charge >= 0.3 is 0 Å². The summed E-state index contributed by atoms with van der Waals surface area (Å²) < 4.78 is 10.5. The first kappa shape index (κ1) is 19.2. The van der Waals surface area contributed by atoms with Crippen molar-refractivity contribution in [2.24, 2.45) is 0 Å². The van der Waals surface area contributed by atoms with E-state index in [0.717, 1.165) is 18.0 Å². The van der Waals surface area contributed by atoms with Crippen LogP contribution in [-0.4, -0.2) is 28.0 Å². The maximum atomic E-state index is 5.30. The zero-order chi connectivity index (χ0) is 7.82. The van der Waals surface area contributed by atoms with Crippen LogP contribution in [0.5, 0.6) is 0 Å². The van der Waals surface area contributed by atoms with Crippen LogP contribution in [0.4, 0.5) is 0 Å². The third-order valence-corrected chi connectivity index (χ3v) is 2.93. The molecule has 0 rings (SSSR count). The van der Waals surface area contributed by atoms with Gasteiger partial charge in [0.15, 0.2) is 0 Å². The number of rotatable bonds is 6. The minimum Gasteiger partial charge on any atom is -1.00 e. The molecule has 76 valence electrons. The molecule has 2 nitrogen and oxygen atoms in total. The van der Waals surface area contributed by atoms with Gasteiger partial charge in [-0.15, -0.1) is 0 Å². The predicted molar refractivity (Wildman–Crippen MR) is 46.5 cm³/mol. The average molecular weight is 385 g/mol. The van der Waals surface area contributed by atoms with Crippen LogP contribution in [0.2, 0.25) is 6.04 Å². The lowest BCUT2D eigenvalue weighted by molar-refractivity contribution is -0.0604. The van der Waals surface area contributed by atoms with Crippen molar-refractivity contribution in [2.45, 2.75) is 26.2 Å². The maximum Gasteiger partial charge on any atom is 0.234 e. The lowest BCUT2D eigenvalue weighted by atomic mass is 10.7. The summed E-state index contributed by atoms with van der Waals surface area (Å²) in [5.41, 5.74) is 0. The highest BCUT2D eigenvalue weighted by Gasteiger charge is 1.99. The molecule has 1 unspecified atom stereocenters. The van der Waals surface area contributed by atoms with Gasteiger partial charge in [-0.1, -0.05) is 15.9 Å². The van der Waals surface area contributed by atoms with Gasteiger partial charge in [0.1, 0.15) is 6.29 Å².